The molecule has 0 fully saturated rings. The topological polar surface area (TPSA) is 99.8 Å². The van der Waals surface area contributed by atoms with Crippen molar-refractivity contribution in [2.75, 3.05) is 27.1 Å². The third-order valence-electron chi connectivity index (χ3n) is 4.42. The van der Waals surface area contributed by atoms with Gasteiger partial charge in [0.25, 0.3) is 0 Å². The molecule has 8 heteroatoms. The molecule has 0 saturated carbocycles. The molecule has 2 N–H and O–H groups in total. The monoisotopic (exact) mass is 358 g/mol. The molecular formula is C18H22N4O4. The molecule has 0 bridgehead atoms. The second-order valence-electron chi connectivity index (χ2n) is 5.94. The van der Waals surface area contributed by atoms with Gasteiger partial charge in [0.2, 0.25) is 17.6 Å². The highest BCUT2D eigenvalue weighted by Gasteiger charge is 2.25. The number of fused-ring (bicyclic) bond motifs is 1. The first-order valence-electron chi connectivity index (χ1n) is 8.23. The normalized spacial score (nSPS) is 12.7. The molecule has 0 saturated heterocycles. The Hall–Kier alpha value is -3.03. The number of aromatic nitrogens is 2. The maximum absolute atomic E-state index is 12.6. The van der Waals surface area contributed by atoms with Gasteiger partial charge in [-0.2, -0.15) is 0 Å². The Bertz CT molecular complexity index is 825. The van der Waals surface area contributed by atoms with Crippen molar-refractivity contribution < 1.29 is 19.0 Å². The minimum absolute atomic E-state index is 0.0402. The van der Waals surface area contributed by atoms with Crippen molar-refractivity contribution in [2.45, 2.75) is 25.9 Å². The van der Waals surface area contributed by atoms with Crippen molar-refractivity contribution >= 4 is 11.9 Å². The SMILES string of the molecule is COc1ccc(CCC(=O)N2Cc3cnc(N)nc3C2)c(OC)c1OC. The van der Waals surface area contributed by atoms with Gasteiger partial charge in [0.15, 0.2) is 11.5 Å². The summed E-state index contributed by atoms with van der Waals surface area (Å²) in [6.45, 7) is 0.974. The Morgan fingerprint density at radius 3 is 2.62 bits per heavy atom. The molecule has 1 amide bonds. The number of carbonyl (C=O) groups is 1. The number of nitrogens with two attached hydrogens (primary N) is 1. The van der Waals surface area contributed by atoms with Gasteiger partial charge in [0, 0.05) is 24.7 Å². The second kappa shape index (κ2) is 7.47. The van der Waals surface area contributed by atoms with Crippen LogP contribution in [0.5, 0.6) is 17.2 Å². The highest BCUT2D eigenvalue weighted by Crippen LogP contribution is 2.40. The predicted octanol–water partition coefficient (Wildman–Crippen LogP) is 1.56. The molecule has 1 aromatic carbocycles. The summed E-state index contributed by atoms with van der Waals surface area (Å²) in [5.74, 6) is 1.97. The van der Waals surface area contributed by atoms with E-state index in [1.807, 2.05) is 12.1 Å². The molecule has 138 valence electrons. The number of nitrogen functional groups attached to an aromatic ring is 1. The molecule has 0 atom stereocenters. The summed E-state index contributed by atoms with van der Waals surface area (Å²) in [7, 11) is 4.70. The second-order valence-corrected chi connectivity index (χ2v) is 5.94. The molecule has 0 spiro atoms. The largest absolute Gasteiger partial charge is 0.493 e. The highest BCUT2D eigenvalue weighted by atomic mass is 16.5. The maximum Gasteiger partial charge on any atom is 0.223 e. The van der Waals surface area contributed by atoms with Gasteiger partial charge in [-0.05, 0) is 18.1 Å². The van der Waals surface area contributed by atoms with Gasteiger partial charge in [-0.1, -0.05) is 6.07 Å². The smallest absolute Gasteiger partial charge is 0.223 e. The fourth-order valence-corrected chi connectivity index (χ4v) is 3.10. The fourth-order valence-electron chi connectivity index (χ4n) is 3.10. The lowest BCUT2D eigenvalue weighted by Crippen LogP contribution is -2.25. The third kappa shape index (κ3) is 3.35. The quantitative estimate of drug-likeness (QED) is 0.836. The van der Waals surface area contributed by atoms with Gasteiger partial charge in [0.05, 0.1) is 33.6 Å². The van der Waals surface area contributed by atoms with E-state index in [1.54, 1.807) is 32.4 Å². The number of ether oxygens (including phenoxy) is 3. The molecule has 0 radical (unpaired) electrons. The number of carbonyl (C=O) groups excluding carboxylic acids is 1. The molecule has 8 nitrogen and oxygen atoms in total. The number of amides is 1. The third-order valence-corrected chi connectivity index (χ3v) is 4.42. The predicted molar refractivity (Wildman–Crippen MR) is 95.1 cm³/mol. The molecule has 1 aliphatic heterocycles. The lowest BCUT2D eigenvalue weighted by atomic mass is 10.1. The fraction of sp³-hybridized carbons (Fsp3) is 0.389. The van der Waals surface area contributed by atoms with Gasteiger partial charge in [-0.25, -0.2) is 9.97 Å². The first-order valence-corrected chi connectivity index (χ1v) is 8.23. The number of aryl methyl sites for hydroxylation is 1. The summed E-state index contributed by atoms with van der Waals surface area (Å²) in [5, 5.41) is 0. The average Bonchev–Trinajstić information content (AvgIpc) is 3.08. The molecular weight excluding hydrogens is 336 g/mol. The molecule has 3 rings (SSSR count). The van der Waals surface area contributed by atoms with Crippen molar-refractivity contribution in [3.05, 3.63) is 35.2 Å². The first-order chi connectivity index (χ1) is 12.6. The van der Waals surface area contributed by atoms with Crippen LogP contribution in [0.3, 0.4) is 0 Å². The summed E-state index contributed by atoms with van der Waals surface area (Å²) in [6, 6.07) is 3.70. The average molecular weight is 358 g/mol. The maximum atomic E-state index is 12.6. The number of methoxy groups -OCH3 is 3. The van der Waals surface area contributed by atoms with Crippen LogP contribution in [0.25, 0.3) is 0 Å². The van der Waals surface area contributed by atoms with E-state index >= 15 is 0 Å². The van der Waals surface area contributed by atoms with Crippen molar-refractivity contribution in [1.29, 1.82) is 0 Å². The van der Waals surface area contributed by atoms with Crippen LogP contribution in [0.2, 0.25) is 0 Å². The molecule has 2 heterocycles. The van der Waals surface area contributed by atoms with Gasteiger partial charge < -0.3 is 24.8 Å². The summed E-state index contributed by atoms with van der Waals surface area (Å²) < 4.78 is 16.1. The Kier molecular flexibility index (Phi) is 5.11. The Balaban J connectivity index is 1.69. The number of rotatable bonds is 6. The lowest BCUT2D eigenvalue weighted by Gasteiger charge is -2.17. The van der Waals surface area contributed by atoms with Crippen LogP contribution >= 0.6 is 0 Å². The van der Waals surface area contributed by atoms with E-state index in [1.165, 1.54) is 0 Å². The zero-order valence-electron chi connectivity index (χ0n) is 15.1. The van der Waals surface area contributed by atoms with Crippen LogP contribution in [-0.2, 0) is 24.3 Å². The number of anilines is 1. The van der Waals surface area contributed by atoms with E-state index in [4.69, 9.17) is 19.9 Å². The van der Waals surface area contributed by atoms with Crippen molar-refractivity contribution in [3.8, 4) is 17.2 Å². The van der Waals surface area contributed by atoms with E-state index in [2.05, 4.69) is 9.97 Å². The summed E-state index contributed by atoms with van der Waals surface area (Å²) in [5.41, 5.74) is 8.25. The zero-order valence-corrected chi connectivity index (χ0v) is 15.1. The molecule has 2 aromatic rings. The van der Waals surface area contributed by atoms with Crippen LogP contribution in [0.1, 0.15) is 23.2 Å². The lowest BCUT2D eigenvalue weighted by molar-refractivity contribution is -0.131. The van der Waals surface area contributed by atoms with Crippen LogP contribution < -0.4 is 19.9 Å². The standard InChI is InChI=1S/C18H22N4O4/c1-24-14-6-4-11(16(25-2)17(14)26-3)5-7-15(23)22-9-12-8-20-18(19)21-13(12)10-22/h4,6,8H,5,7,9-10H2,1-3H3,(H2,19,20,21). The van der Waals surface area contributed by atoms with E-state index in [0.29, 0.717) is 43.2 Å². The summed E-state index contributed by atoms with van der Waals surface area (Å²) in [6.07, 6.45) is 2.56. The molecule has 26 heavy (non-hydrogen) atoms. The van der Waals surface area contributed by atoms with E-state index in [0.717, 1.165) is 16.8 Å². The highest BCUT2D eigenvalue weighted by molar-refractivity contribution is 5.77. The molecule has 0 unspecified atom stereocenters. The van der Waals surface area contributed by atoms with Crippen molar-refractivity contribution in [2.24, 2.45) is 0 Å². The van der Waals surface area contributed by atoms with E-state index in [-0.39, 0.29) is 11.9 Å². The number of hydrogen-bond acceptors (Lipinski definition) is 7. The minimum Gasteiger partial charge on any atom is -0.493 e. The Morgan fingerprint density at radius 2 is 1.92 bits per heavy atom. The van der Waals surface area contributed by atoms with Gasteiger partial charge in [-0.15, -0.1) is 0 Å². The van der Waals surface area contributed by atoms with Crippen LogP contribution in [0, 0.1) is 0 Å². The summed E-state index contributed by atoms with van der Waals surface area (Å²) in [4.78, 5) is 22.5. The van der Waals surface area contributed by atoms with E-state index < -0.39 is 0 Å². The Morgan fingerprint density at radius 1 is 1.15 bits per heavy atom. The molecule has 0 aliphatic carbocycles. The number of nitrogens with zero attached hydrogens (tertiary/aromatic N) is 3. The minimum atomic E-state index is 0.0402. The molecule has 1 aromatic heterocycles. The zero-order chi connectivity index (χ0) is 18.7. The van der Waals surface area contributed by atoms with Crippen LogP contribution in [0.4, 0.5) is 5.95 Å². The van der Waals surface area contributed by atoms with Crippen LogP contribution in [0.15, 0.2) is 18.3 Å². The number of benzene rings is 1. The van der Waals surface area contributed by atoms with Crippen molar-refractivity contribution in [3.63, 3.8) is 0 Å². The van der Waals surface area contributed by atoms with Crippen molar-refractivity contribution in [1.82, 2.24) is 14.9 Å². The van der Waals surface area contributed by atoms with Gasteiger partial charge in [-0.3, -0.25) is 4.79 Å². The molecule has 1 aliphatic rings. The van der Waals surface area contributed by atoms with Gasteiger partial charge in [0.1, 0.15) is 0 Å². The summed E-state index contributed by atoms with van der Waals surface area (Å²) >= 11 is 0. The number of hydrogen-bond donors (Lipinski definition) is 1. The Labute approximate surface area is 151 Å². The van der Waals surface area contributed by atoms with Gasteiger partial charge >= 0.3 is 0 Å². The first kappa shape index (κ1) is 17.8. The van der Waals surface area contributed by atoms with Crippen LogP contribution in [-0.4, -0.2) is 42.1 Å². The van der Waals surface area contributed by atoms with E-state index in [9.17, 15) is 4.79 Å².